The average Bonchev–Trinajstić information content (AvgIpc) is 2.67. The smallest absolute Gasteiger partial charge is 0.387 e. The van der Waals surface area contributed by atoms with Crippen molar-refractivity contribution in [3.8, 4) is 5.75 Å². The van der Waals surface area contributed by atoms with Gasteiger partial charge in [0.1, 0.15) is 5.75 Å². The lowest BCUT2D eigenvalue weighted by Gasteiger charge is -2.26. The fraction of sp³-hybridized carbons (Fsp3) is 0.300. The first kappa shape index (κ1) is 18.8. The predicted molar refractivity (Wildman–Crippen MR) is 96.9 cm³/mol. The molecular weight excluding hydrogens is 354 g/mol. The van der Waals surface area contributed by atoms with Gasteiger partial charge in [0.15, 0.2) is 0 Å². The third-order valence-electron chi connectivity index (χ3n) is 4.37. The van der Waals surface area contributed by atoms with Crippen LogP contribution in [0.15, 0.2) is 48.5 Å². The maximum absolute atomic E-state index is 12.3. The summed E-state index contributed by atoms with van der Waals surface area (Å²) in [5.74, 6) is -0.0694. The van der Waals surface area contributed by atoms with Crippen molar-refractivity contribution in [2.24, 2.45) is 0 Å². The third-order valence-corrected chi connectivity index (χ3v) is 4.37. The molecule has 1 heterocycles. The van der Waals surface area contributed by atoms with Gasteiger partial charge in [0.05, 0.1) is 0 Å². The van der Waals surface area contributed by atoms with Crippen molar-refractivity contribution < 1.29 is 23.1 Å². The second kappa shape index (κ2) is 8.62. The van der Waals surface area contributed by atoms with E-state index in [1.807, 2.05) is 0 Å². The number of alkyl halides is 2. The lowest BCUT2D eigenvalue weighted by molar-refractivity contribution is -0.119. The number of halogens is 2. The Labute approximate surface area is 155 Å². The van der Waals surface area contributed by atoms with Crippen molar-refractivity contribution in [2.75, 3.05) is 11.4 Å². The monoisotopic (exact) mass is 374 g/mol. The fourth-order valence-electron chi connectivity index (χ4n) is 2.94. The summed E-state index contributed by atoms with van der Waals surface area (Å²) < 4.78 is 28.5. The van der Waals surface area contributed by atoms with Crippen LogP contribution in [0.4, 0.5) is 14.5 Å². The van der Waals surface area contributed by atoms with Gasteiger partial charge in [0.25, 0.3) is 5.91 Å². The Kier molecular flexibility index (Phi) is 6.01. The molecule has 142 valence electrons. The lowest BCUT2D eigenvalue weighted by atomic mass is 10.1. The number of carbonyl (C=O) groups excluding carboxylic acids is 2. The summed E-state index contributed by atoms with van der Waals surface area (Å²) in [7, 11) is 0. The zero-order chi connectivity index (χ0) is 19.2. The Morgan fingerprint density at radius 2 is 1.78 bits per heavy atom. The number of carbonyl (C=O) groups is 2. The van der Waals surface area contributed by atoms with Crippen molar-refractivity contribution in [1.29, 1.82) is 0 Å². The first-order valence-electron chi connectivity index (χ1n) is 8.75. The first-order chi connectivity index (χ1) is 13.0. The largest absolute Gasteiger partial charge is 0.435 e. The Morgan fingerprint density at radius 1 is 1.07 bits per heavy atom. The van der Waals surface area contributed by atoms with E-state index in [9.17, 15) is 18.4 Å². The maximum Gasteiger partial charge on any atom is 0.387 e. The van der Waals surface area contributed by atoms with E-state index in [-0.39, 0.29) is 24.1 Å². The Balaban J connectivity index is 1.55. The number of anilines is 1. The van der Waals surface area contributed by atoms with Gasteiger partial charge < -0.3 is 15.0 Å². The van der Waals surface area contributed by atoms with Gasteiger partial charge in [-0.1, -0.05) is 12.1 Å². The molecule has 1 saturated heterocycles. The number of hydrogen-bond acceptors (Lipinski definition) is 3. The summed E-state index contributed by atoms with van der Waals surface area (Å²) in [5.41, 5.74) is 2.05. The molecule has 0 aromatic heterocycles. The highest BCUT2D eigenvalue weighted by molar-refractivity contribution is 5.96. The van der Waals surface area contributed by atoms with Crippen LogP contribution in [0.1, 0.15) is 35.2 Å². The second-order valence-electron chi connectivity index (χ2n) is 6.25. The van der Waals surface area contributed by atoms with E-state index in [1.54, 1.807) is 41.3 Å². The standard InChI is InChI=1S/C20H20F2N2O3/c21-20(22)27-17-10-4-14(5-11-17)13-23-19(26)15-6-8-16(9-7-15)24-12-2-1-3-18(24)25/h4-11,20H,1-3,12-13H2,(H,23,26). The van der Waals surface area contributed by atoms with Gasteiger partial charge in [0.2, 0.25) is 5.91 Å². The van der Waals surface area contributed by atoms with Crippen LogP contribution in [0.5, 0.6) is 5.75 Å². The molecule has 0 radical (unpaired) electrons. The molecule has 0 bridgehead atoms. The molecule has 2 amide bonds. The van der Waals surface area contributed by atoms with Gasteiger partial charge in [-0.2, -0.15) is 8.78 Å². The number of rotatable bonds is 6. The molecule has 1 N–H and O–H groups in total. The minimum absolute atomic E-state index is 0.0722. The molecule has 0 aliphatic carbocycles. The molecule has 3 rings (SSSR count). The number of nitrogens with zero attached hydrogens (tertiary/aromatic N) is 1. The lowest BCUT2D eigenvalue weighted by Crippen LogP contribution is -2.35. The van der Waals surface area contributed by atoms with Crippen LogP contribution in [0.3, 0.4) is 0 Å². The predicted octanol–water partition coefficient (Wildman–Crippen LogP) is 3.73. The number of ether oxygens (including phenoxy) is 1. The van der Waals surface area contributed by atoms with Gasteiger partial charge in [0, 0.05) is 30.8 Å². The highest BCUT2D eigenvalue weighted by Crippen LogP contribution is 2.21. The summed E-state index contributed by atoms with van der Waals surface area (Å²) in [6.07, 6.45) is 2.46. The average molecular weight is 374 g/mol. The fourth-order valence-corrected chi connectivity index (χ4v) is 2.94. The van der Waals surface area contributed by atoms with E-state index in [4.69, 9.17) is 0 Å². The number of hydrogen-bond donors (Lipinski definition) is 1. The van der Waals surface area contributed by atoms with Crippen molar-refractivity contribution in [1.82, 2.24) is 5.32 Å². The van der Waals surface area contributed by atoms with Crippen LogP contribution in [0, 0.1) is 0 Å². The number of nitrogens with one attached hydrogen (secondary N) is 1. The molecule has 5 nitrogen and oxygen atoms in total. The number of benzene rings is 2. The molecule has 0 saturated carbocycles. The molecule has 1 aliphatic heterocycles. The Hall–Kier alpha value is -2.96. The molecule has 1 aliphatic rings. The van der Waals surface area contributed by atoms with Gasteiger partial charge in [-0.25, -0.2) is 0 Å². The number of amides is 2. The topological polar surface area (TPSA) is 58.6 Å². The van der Waals surface area contributed by atoms with Crippen molar-refractivity contribution >= 4 is 17.5 Å². The molecule has 0 unspecified atom stereocenters. The summed E-state index contributed by atoms with van der Waals surface area (Å²) >= 11 is 0. The van der Waals surface area contributed by atoms with Crippen molar-refractivity contribution in [3.63, 3.8) is 0 Å². The van der Waals surface area contributed by atoms with E-state index in [0.717, 1.165) is 24.1 Å². The zero-order valence-electron chi connectivity index (χ0n) is 14.7. The Bertz CT molecular complexity index is 792. The van der Waals surface area contributed by atoms with Crippen molar-refractivity contribution in [3.05, 3.63) is 59.7 Å². The van der Waals surface area contributed by atoms with E-state index < -0.39 is 6.61 Å². The van der Waals surface area contributed by atoms with Crippen LogP contribution in [-0.4, -0.2) is 25.0 Å². The van der Waals surface area contributed by atoms with Crippen LogP contribution in [0.25, 0.3) is 0 Å². The molecule has 7 heteroatoms. The van der Waals surface area contributed by atoms with Crippen LogP contribution < -0.4 is 15.0 Å². The zero-order valence-corrected chi connectivity index (χ0v) is 14.7. The summed E-state index contributed by atoms with van der Waals surface area (Å²) in [6.45, 7) is -1.89. The second-order valence-corrected chi connectivity index (χ2v) is 6.25. The third kappa shape index (κ3) is 5.03. The van der Waals surface area contributed by atoms with Crippen LogP contribution >= 0.6 is 0 Å². The van der Waals surface area contributed by atoms with E-state index >= 15 is 0 Å². The first-order valence-corrected chi connectivity index (χ1v) is 8.75. The SMILES string of the molecule is O=C(NCc1ccc(OC(F)F)cc1)c1ccc(N2CCCCC2=O)cc1. The van der Waals surface area contributed by atoms with E-state index in [2.05, 4.69) is 10.1 Å². The minimum Gasteiger partial charge on any atom is -0.435 e. The molecule has 0 spiro atoms. The van der Waals surface area contributed by atoms with Crippen LogP contribution in [-0.2, 0) is 11.3 Å². The maximum atomic E-state index is 12.3. The molecule has 2 aromatic rings. The quantitative estimate of drug-likeness (QED) is 0.838. The highest BCUT2D eigenvalue weighted by atomic mass is 19.3. The summed E-state index contributed by atoms with van der Waals surface area (Å²) in [5, 5.41) is 2.77. The molecule has 0 atom stereocenters. The van der Waals surface area contributed by atoms with E-state index in [1.165, 1.54) is 12.1 Å². The van der Waals surface area contributed by atoms with E-state index in [0.29, 0.717) is 18.5 Å². The Morgan fingerprint density at radius 3 is 2.41 bits per heavy atom. The summed E-state index contributed by atoms with van der Waals surface area (Å²) in [6, 6.07) is 13.0. The number of piperidine rings is 1. The minimum atomic E-state index is -2.86. The van der Waals surface area contributed by atoms with Gasteiger partial charge >= 0.3 is 6.61 Å². The molecule has 27 heavy (non-hydrogen) atoms. The molecule has 1 fully saturated rings. The molecule has 2 aromatic carbocycles. The van der Waals surface area contributed by atoms with Gasteiger partial charge in [-0.15, -0.1) is 0 Å². The van der Waals surface area contributed by atoms with Gasteiger partial charge in [-0.3, -0.25) is 9.59 Å². The van der Waals surface area contributed by atoms with Crippen LogP contribution in [0.2, 0.25) is 0 Å². The summed E-state index contributed by atoms with van der Waals surface area (Å²) in [4.78, 5) is 26.0. The van der Waals surface area contributed by atoms with Crippen molar-refractivity contribution in [2.45, 2.75) is 32.4 Å². The normalized spacial score (nSPS) is 14.3. The highest BCUT2D eigenvalue weighted by Gasteiger charge is 2.19. The van der Waals surface area contributed by atoms with Gasteiger partial charge in [-0.05, 0) is 54.8 Å². The molecular formula is C20H20F2N2O3.